The molecular formula is C31H40F3NO5. The molecule has 0 saturated carbocycles. The van der Waals surface area contributed by atoms with E-state index in [0.29, 0.717) is 18.4 Å². The van der Waals surface area contributed by atoms with Gasteiger partial charge in [0.1, 0.15) is 23.9 Å². The van der Waals surface area contributed by atoms with Crippen LogP contribution in [0.3, 0.4) is 0 Å². The van der Waals surface area contributed by atoms with Gasteiger partial charge in [0.2, 0.25) is 0 Å². The number of carbonyl (C=O) groups excluding carboxylic acids is 3. The number of Topliss-reactive ketones (excluding diaryl/α,β-unsaturated/α-hetero) is 1. The Morgan fingerprint density at radius 3 is 2.05 bits per heavy atom. The van der Waals surface area contributed by atoms with E-state index in [9.17, 15) is 27.6 Å². The lowest BCUT2D eigenvalue weighted by atomic mass is 9.89. The van der Waals surface area contributed by atoms with Gasteiger partial charge < -0.3 is 14.4 Å². The molecule has 0 fully saturated rings. The zero-order valence-electron chi connectivity index (χ0n) is 24.1. The van der Waals surface area contributed by atoms with E-state index >= 15 is 0 Å². The minimum absolute atomic E-state index is 0.0514. The summed E-state index contributed by atoms with van der Waals surface area (Å²) in [7, 11) is 1.56. The van der Waals surface area contributed by atoms with Crippen LogP contribution in [0.25, 0.3) is 0 Å². The van der Waals surface area contributed by atoms with Gasteiger partial charge in [-0.25, -0.2) is 4.79 Å². The van der Waals surface area contributed by atoms with Crippen molar-refractivity contribution in [3.05, 3.63) is 71.3 Å². The van der Waals surface area contributed by atoms with Crippen LogP contribution in [0.2, 0.25) is 0 Å². The Morgan fingerprint density at radius 2 is 1.52 bits per heavy atom. The summed E-state index contributed by atoms with van der Waals surface area (Å²) in [6.45, 7) is 9.36. The summed E-state index contributed by atoms with van der Waals surface area (Å²) in [5.74, 6) is -2.36. The number of hydrogen-bond acceptors (Lipinski definition) is 5. The molecule has 2 rings (SSSR count). The molecule has 0 aromatic heterocycles. The zero-order chi connectivity index (χ0) is 30.1. The number of ketones is 1. The van der Waals surface area contributed by atoms with Gasteiger partial charge in [-0.1, -0.05) is 63.2 Å². The van der Waals surface area contributed by atoms with Crippen LogP contribution >= 0.6 is 0 Å². The van der Waals surface area contributed by atoms with Crippen LogP contribution < -0.4 is 0 Å². The number of esters is 1. The molecule has 40 heavy (non-hydrogen) atoms. The van der Waals surface area contributed by atoms with Gasteiger partial charge >= 0.3 is 18.2 Å². The van der Waals surface area contributed by atoms with E-state index < -0.39 is 47.1 Å². The third kappa shape index (κ3) is 10.3. The fourth-order valence-electron chi connectivity index (χ4n) is 4.05. The predicted octanol–water partition coefficient (Wildman–Crippen LogP) is 7.24. The number of ether oxygens (including phenoxy) is 2. The average Bonchev–Trinajstić information content (AvgIpc) is 2.89. The number of carbonyl (C=O) groups is 3. The summed E-state index contributed by atoms with van der Waals surface area (Å²) in [6.07, 6.45) is -4.26. The van der Waals surface area contributed by atoms with Gasteiger partial charge in [0, 0.05) is 19.5 Å². The second kappa shape index (κ2) is 14.3. The van der Waals surface area contributed by atoms with Crippen molar-refractivity contribution in [3.8, 4) is 0 Å². The molecule has 2 aromatic rings. The molecule has 0 aliphatic carbocycles. The van der Waals surface area contributed by atoms with Crippen LogP contribution in [0.15, 0.2) is 54.6 Å². The summed E-state index contributed by atoms with van der Waals surface area (Å²) in [5, 5.41) is 0. The lowest BCUT2D eigenvalue weighted by molar-refractivity contribution is -0.153. The number of benzene rings is 2. The largest absolute Gasteiger partial charge is 0.460 e. The monoisotopic (exact) mass is 563 g/mol. The van der Waals surface area contributed by atoms with Crippen molar-refractivity contribution in [2.45, 2.75) is 84.7 Å². The highest BCUT2D eigenvalue weighted by molar-refractivity contribution is 5.99. The normalized spacial score (nSPS) is 13.4. The Balaban J connectivity index is 2.29. The quantitative estimate of drug-likeness (QED) is 0.190. The maximum Gasteiger partial charge on any atom is 0.416 e. The molecule has 2 aromatic carbocycles. The number of amides is 1. The third-order valence-corrected chi connectivity index (χ3v) is 6.85. The van der Waals surface area contributed by atoms with E-state index in [2.05, 4.69) is 0 Å². The summed E-state index contributed by atoms with van der Waals surface area (Å²) >= 11 is 0. The Kier molecular flexibility index (Phi) is 11.8. The fraction of sp³-hybridized carbons (Fsp3) is 0.516. The van der Waals surface area contributed by atoms with Gasteiger partial charge in [0.15, 0.2) is 0 Å². The summed E-state index contributed by atoms with van der Waals surface area (Å²) in [4.78, 5) is 41.1. The Labute approximate surface area is 234 Å². The van der Waals surface area contributed by atoms with Crippen LogP contribution in [0.4, 0.5) is 18.0 Å². The molecule has 2 unspecified atom stereocenters. The summed E-state index contributed by atoms with van der Waals surface area (Å²) < 4.78 is 50.2. The fourth-order valence-corrected chi connectivity index (χ4v) is 4.05. The van der Waals surface area contributed by atoms with Crippen LogP contribution in [0.5, 0.6) is 0 Å². The first kappa shape index (κ1) is 32.8. The van der Waals surface area contributed by atoms with Crippen LogP contribution in [0.1, 0.15) is 70.6 Å². The van der Waals surface area contributed by atoms with Crippen LogP contribution in [-0.4, -0.2) is 41.4 Å². The maximum atomic E-state index is 13.6. The lowest BCUT2D eigenvalue weighted by Crippen LogP contribution is -2.44. The highest BCUT2D eigenvalue weighted by Gasteiger charge is 2.35. The van der Waals surface area contributed by atoms with E-state index in [0.717, 1.165) is 17.7 Å². The van der Waals surface area contributed by atoms with E-state index in [1.54, 1.807) is 45.2 Å². The van der Waals surface area contributed by atoms with Crippen molar-refractivity contribution in [1.29, 1.82) is 0 Å². The molecule has 0 N–H and O–H groups in total. The highest BCUT2D eigenvalue weighted by Crippen LogP contribution is 2.30. The van der Waals surface area contributed by atoms with E-state index in [1.165, 1.54) is 17.0 Å². The first-order valence-corrected chi connectivity index (χ1v) is 13.5. The van der Waals surface area contributed by atoms with Gasteiger partial charge in [0.05, 0.1) is 5.56 Å². The topological polar surface area (TPSA) is 72.9 Å². The maximum absolute atomic E-state index is 13.6. The first-order valence-electron chi connectivity index (χ1n) is 13.5. The molecule has 9 heteroatoms. The van der Waals surface area contributed by atoms with Gasteiger partial charge in [-0.05, 0) is 62.3 Å². The van der Waals surface area contributed by atoms with Crippen molar-refractivity contribution in [2.75, 3.05) is 7.05 Å². The molecule has 0 aliphatic heterocycles. The SMILES string of the molecule is CCC(C)(C)OC(=O)N(C)C(CC(=O)C(Cc1ccc(C(F)(F)F)cc1)C(=O)OCc1ccccc1)CC(C)C. The molecule has 6 nitrogen and oxygen atoms in total. The second-order valence-electron chi connectivity index (χ2n) is 11.1. The molecule has 0 heterocycles. The third-order valence-electron chi connectivity index (χ3n) is 6.85. The van der Waals surface area contributed by atoms with Gasteiger partial charge in [-0.3, -0.25) is 9.59 Å². The molecule has 2 atom stereocenters. The molecule has 0 aliphatic rings. The number of alkyl halides is 3. The van der Waals surface area contributed by atoms with E-state index in [-0.39, 0.29) is 25.4 Å². The highest BCUT2D eigenvalue weighted by atomic mass is 19.4. The van der Waals surface area contributed by atoms with Crippen LogP contribution in [-0.2, 0) is 38.3 Å². The van der Waals surface area contributed by atoms with E-state index in [4.69, 9.17) is 9.47 Å². The van der Waals surface area contributed by atoms with Gasteiger partial charge in [0.25, 0.3) is 0 Å². The summed E-state index contributed by atoms with van der Waals surface area (Å²) in [5.41, 5.74) is -0.390. The van der Waals surface area contributed by atoms with Gasteiger partial charge in [-0.2, -0.15) is 13.2 Å². The Hall–Kier alpha value is -3.36. The van der Waals surface area contributed by atoms with Crippen molar-refractivity contribution in [3.63, 3.8) is 0 Å². The molecule has 220 valence electrons. The molecule has 0 bridgehead atoms. The number of nitrogens with zero attached hydrogens (tertiary/aromatic N) is 1. The molecular weight excluding hydrogens is 523 g/mol. The lowest BCUT2D eigenvalue weighted by Gasteiger charge is -2.33. The number of rotatable bonds is 13. The molecule has 0 saturated heterocycles. The van der Waals surface area contributed by atoms with Crippen molar-refractivity contribution in [2.24, 2.45) is 11.8 Å². The minimum atomic E-state index is -4.50. The predicted molar refractivity (Wildman–Crippen MR) is 146 cm³/mol. The Bertz CT molecular complexity index is 1110. The molecule has 1 amide bonds. The number of hydrogen-bond donors (Lipinski definition) is 0. The first-order chi connectivity index (χ1) is 18.6. The van der Waals surface area contributed by atoms with Crippen LogP contribution in [0, 0.1) is 11.8 Å². The second-order valence-corrected chi connectivity index (χ2v) is 11.1. The number of halogens is 3. The van der Waals surface area contributed by atoms with Crippen molar-refractivity contribution < 1.29 is 37.0 Å². The van der Waals surface area contributed by atoms with Crippen molar-refractivity contribution >= 4 is 17.8 Å². The minimum Gasteiger partial charge on any atom is -0.460 e. The smallest absolute Gasteiger partial charge is 0.416 e. The Morgan fingerprint density at radius 1 is 0.925 bits per heavy atom. The average molecular weight is 564 g/mol. The molecule has 0 spiro atoms. The van der Waals surface area contributed by atoms with Crippen molar-refractivity contribution in [1.82, 2.24) is 4.90 Å². The summed E-state index contributed by atoms with van der Waals surface area (Å²) in [6, 6.07) is 12.8. The molecule has 0 radical (unpaired) electrons. The standard InChI is InChI=1S/C31H40F3NO5/c1-7-30(4,5)40-29(38)35(6)25(17-21(2)3)19-27(36)26(28(37)39-20-23-11-9-8-10-12-23)18-22-13-15-24(16-14-22)31(32,33)34/h8-16,21,25-26H,7,17-20H2,1-6H3. The van der Waals surface area contributed by atoms with E-state index in [1.807, 2.05) is 26.8 Å². The van der Waals surface area contributed by atoms with Gasteiger partial charge in [-0.15, -0.1) is 0 Å². The zero-order valence-corrected chi connectivity index (χ0v) is 24.1.